The summed E-state index contributed by atoms with van der Waals surface area (Å²) in [6.45, 7) is 5.88. The van der Waals surface area contributed by atoms with Crippen molar-refractivity contribution in [1.82, 2.24) is 0 Å². The van der Waals surface area contributed by atoms with E-state index < -0.39 is 17.9 Å². The molecule has 5 nitrogen and oxygen atoms in total. The van der Waals surface area contributed by atoms with Gasteiger partial charge in [-0.15, -0.1) is 0 Å². The van der Waals surface area contributed by atoms with Gasteiger partial charge in [-0.1, -0.05) is 36.9 Å². The fraction of sp³-hybridized carbons (Fsp3) is 0.529. The molecule has 0 aromatic heterocycles. The third kappa shape index (κ3) is 4.06. The number of benzene rings is 1. The van der Waals surface area contributed by atoms with Crippen LogP contribution < -0.4 is 5.06 Å². The van der Waals surface area contributed by atoms with Crippen LogP contribution in [0.1, 0.15) is 27.2 Å². The maximum Gasteiger partial charge on any atom is 0.332 e. The lowest BCUT2D eigenvalue weighted by molar-refractivity contribution is -0.146. The maximum absolute atomic E-state index is 12.6. The SMILES string of the molecule is CCCSC(=O)[C@H]1[C@H](C)ON(c2ccccc2)[C@@H]1C(=O)OCC. The summed E-state index contributed by atoms with van der Waals surface area (Å²) >= 11 is 1.26. The summed E-state index contributed by atoms with van der Waals surface area (Å²) in [6.07, 6.45) is 0.534. The lowest BCUT2D eigenvalue weighted by Crippen LogP contribution is -2.43. The summed E-state index contributed by atoms with van der Waals surface area (Å²) in [5.74, 6) is -0.217. The Balaban J connectivity index is 2.29. The fourth-order valence-electron chi connectivity index (χ4n) is 2.60. The van der Waals surface area contributed by atoms with Crippen LogP contribution >= 0.6 is 11.8 Å². The van der Waals surface area contributed by atoms with Gasteiger partial charge in [0.2, 0.25) is 0 Å². The van der Waals surface area contributed by atoms with Crippen molar-refractivity contribution in [2.24, 2.45) is 5.92 Å². The van der Waals surface area contributed by atoms with Gasteiger partial charge < -0.3 is 4.74 Å². The van der Waals surface area contributed by atoms with Gasteiger partial charge >= 0.3 is 5.97 Å². The molecular formula is C17H23NO4S. The second-order valence-electron chi connectivity index (χ2n) is 5.36. The van der Waals surface area contributed by atoms with Crippen LogP contribution in [0.4, 0.5) is 5.69 Å². The van der Waals surface area contributed by atoms with Crippen molar-refractivity contribution in [2.45, 2.75) is 39.3 Å². The van der Waals surface area contributed by atoms with E-state index in [2.05, 4.69) is 0 Å². The number of anilines is 1. The number of hydroxylamine groups is 1. The largest absolute Gasteiger partial charge is 0.464 e. The molecule has 6 heteroatoms. The first-order chi connectivity index (χ1) is 11.1. The minimum absolute atomic E-state index is 0.0177. The molecule has 0 radical (unpaired) electrons. The number of hydrogen-bond donors (Lipinski definition) is 0. The van der Waals surface area contributed by atoms with E-state index in [9.17, 15) is 9.59 Å². The first-order valence-electron chi connectivity index (χ1n) is 7.94. The third-order valence-electron chi connectivity index (χ3n) is 3.64. The Morgan fingerprint density at radius 2 is 1.96 bits per heavy atom. The molecule has 1 aliphatic heterocycles. The molecule has 0 aliphatic carbocycles. The lowest BCUT2D eigenvalue weighted by atomic mass is 9.97. The van der Waals surface area contributed by atoms with E-state index >= 15 is 0 Å². The number of para-hydroxylation sites is 1. The van der Waals surface area contributed by atoms with Gasteiger partial charge in [0.15, 0.2) is 11.2 Å². The molecule has 1 saturated heterocycles. The molecular weight excluding hydrogens is 314 g/mol. The molecule has 3 atom stereocenters. The van der Waals surface area contributed by atoms with Gasteiger partial charge in [0.05, 0.1) is 24.3 Å². The Labute approximate surface area is 141 Å². The van der Waals surface area contributed by atoms with Crippen molar-refractivity contribution >= 4 is 28.5 Å². The van der Waals surface area contributed by atoms with E-state index in [0.717, 1.165) is 17.9 Å². The number of rotatable bonds is 6. The Morgan fingerprint density at radius 1 is 1.26 bits per heavy atom. The number of carbonyl (C=O) groups is 2. The van der Waals surface area contributed by atoms with E-state index in [4.69, 9.17) is 9.57 Å². The van der Waals surface area contributed by atoms with E-state index in [1.807, 2.05) is 44.2 Å². The fourth-order valence-corrected chi connectivity index (χ4v) is 3.52. The van der Waals surface area contributed by atoms with Crippen LogP contribution in [0.25, 0.3) is 0 Å². The highest BCUT2D eigenvalue weighted by Gasteiger charge is 2.50. The summed E-state index contributed by atoms with van der Waals surface area (Å²) < 4.78 is 5.19. The molecule has 0 spiro atoms. The number of esters is 1. The Hall–Kier alpha value is -1.53. The molecule has 1 aromatic carbocycles. The van der Waals surface area contributed by atoms with E-state index in [1.54, 1.807) is 6.92 Å². The van der Waals surface area contributed by atoms with Crippen LogP contribution in [-0.2, 0) is 19.2 Å². The van der Waals surface area contributed by atoms with Crippen LogP contribution in [0.5, 0.6) is 0 Å². The van der Waals surface area contributed by atoms with Gasteiger partial charge in [-0.2, -0.15) is 0 Å². The molecule has 2 rings (SSSR count). The van der Waals surface area contributed by atoms with Gasteiger partial charge in [-0.3, -0.25) is 9.63 Å². The number of carbonyl (C=O) groups excluding carboxylic acids is 2. The highest BCUT2D eigenvalue weighted by Crippen LogP contribution is 2.35. The highest BCUT2D eigenvalue weighted by atomic mass is 32.2. The quantitative estimate of drug-likeness (QED) is 0.744. The normalized spacial score (nSPS) is 23.8. The van der Waals surface area contributed by atoms with Gasteiger partial charge in [-0.25, -0.2) is 9.86 Å². The molecule has 1 aromatic rings. The molecule has 1 heterocycles. The van der Waals surface area contributed by atoms with Crippen molar-refractivity contribution in [3.05, 3.63) is 30.3 Å². The summed E-state index contributed by atoms with van der Waals surface area (Å²) in [7, 11) is 0. The van der Waals surface area contributed by atoms with Crippen molar-refractivity contribution in [1.29, 1.82) is 0 Å². The molecule has 0 bridgehead atoms. The van der Waals surface area contributed by atoms with Crippen molar-refractivity contribution in [3.8, 4) is 0 Å². The summed E-state index contributed by atoms with van der Waals surface area (Å²) in [4.78, 5) is 30.9. The average Bonchev–Trinajstić information content (AvgIpc) is 2.91. The smallest absolute Gasteiger partial charge is 0.332 e. The topological polar surface area (TPSA) is 55.8 Å². The molecule has 126 valence electrons. The molecule has 0 unspecified atom stereocenters. The Kier molecular flexibility index (Phi) is 6.47. The lowest BCUT2D eigenvalue weighted by Gasteiger charge is -2.24. The standard InChI is InChI=1S/C17H23NO4S/c1-4-11-23-17(20)14-12(3)22-18(13-9-7-6-8-10-13)15(14)16(19)21-5-2/h6-10,12,14-15H,4-5,11H2,1-3H3/t12-,14-,15-/m0/s1. The third-order valence-corrected chi connectivity index (χ3v) is 4.81. The van der Waals surface area contributed by atoms with E-state index in [1.165, 1.54) is 16.8 Å². The summed E-state index contributed by atoms with van der Waals surface area (Å²) in [5.41, 5.74) is 0.744. The second-order valence-corrected chi connectivity index (χ2v) is 6.46. The molecule has 23 heavy (non-hydrogen) atoms. The predicted molar refractivity (Wildman–Crippen MR) is 91.1 cm³/mol. The average molecular weight is 337 g/mol. The first-order valence-corrected chi connectivity index (χ1v) is 8.93. The predicted octanol–water partition coefficient (Wildman–Crippen LogP) is 3.04. The summed E-state index contributed by atoms with van der Waals surface area (Å²) in [5, 5.41) is 1.51. The second kappa shape index (κ2) is 8.36. The van der Waals surface area contributed by atoms with Crippen LogP contribution in [-0.4, -0.2) is 35.6 Å². The maximum atomic E-state index is 12.6. The molecule has 0 amide bonds. The minimum Gasteiger partial charge on any atom is -0.464 e. The molecule has 1 fully saturated rings. The van der Waals surface area contributed by atoms with Gasteiger partial charge in [0, 0.05) is 5.75 Å². The van der Waals surface area contributed by atoms with E-state index in [-0.39, 0.29) is 17.8 Å². The van der Waals surface area contributed by atoms with Crippen molar-refractivity contribution in [3.63, 3.8) is 0 Å². The zero-order valence-electron chi connectivity index (χ0n) is 13.7. The van der Waals surface area contributed by atoms with Crippen molar-refractivity contribution < 1.29 is 19.2 Å². The van der Waals surface area contributed by atoms with Crippen molar-refractivity contribution in [2.75, 3.05) is 17.4 Å². The van der Waals surface area contributed by atoms with Crippen LogP contribution in [0.15, 0.2) is 30.3 Å². The number of ether oxygens (including phenoxy) is 1. The van der Waals surface area contributed by atoms with Crippen LogP contribution in [0, 0.1) is 5.92 Å². The van der Waals surface area contributed by atoms with Gasteiger partial charge in [0.1, 0.15) is 0 Å². The Bertz CT molecular complexity index is 537. The minimum atomic E-state index is -0.746. The zero-order chi connectivity index (χ0) is 16.8. The van der Waals surface area contributed by atoms with Gasteiger partial charge in [-0.05, 0) is 32.4 Å². The number of nitrogens with zero attached hydrogens (tertiary/aromatic N) is 1. The number of hydrogen-bond acceptors (Lipinski definition) is 6. The first kappa shape index (κ1) is 17.8. The zero-order valence-corrected chi connectivity index (χ0v) is 14.5. The van der Waals surface area contributed by atoms with Gasteiger partial charge in [0.25, 0.3) is 0 Å². The van der Waals surface area contributed by atoms with Crippen LogP contribution in [0.3, 0.4) is 0 Å². The molecule has 1 aliphatic rings. The van der Waals surface area contributed by atoms with Crippen LogP contribution in [0.2, 0.25) is 0 Å². The number of thioether (sulfide) groups is 1. The summed E-state index contributed by atoms with van der Waals surface area (Å²) in [6, 6.07) is 8.58. The van der Waals surface area contributed by atoms with E-state index in [0.29, 0.717) is 0 Å². The highest BCUT2D eigenvalue weighted by molar-refractivity contribution is 8.13. The molecule has 0 saturated carbocycles. The monoisotopic (exact) mass is 337 g/mol. The molecule has 0 N–H and O–H groups in total. The Morgan fingerprint density at radius 3 is 2.57 bits per heavy atom.